The zero-order chi connectivity index (χ0) is 11.4. The van der Waals surface area contributed by atoms with Gasteiger partial charge in [0.1, 0.15) is 12.2 Å². The second-order valence-electron chi connectivity index (χ2n) is 3.26. The Hall–Kier alpha value is -1.76. The summed E-state index contributed by atoms with van der Waals surface area (Å²) in [6.45, 7) is 6.07. The molecule has 80 valence electrons. The first-order valence-electron chi connectivity index (χ1n) is 4.82. The van der Waals surface area contributed by atoms with Crippen LogP contribution in [0.25, 0.3) is 0 Å². The van der Waals surface area contributed by atoms with Gasteiger partial charge in [-0.3, -0.25) is 0 Å². The van der Waals surface area contributed by atoms with Crippen LogP contribution in [0.4, 0.5) is 0 Å². The molecule has 0 aromatic carbocycles. The van der Waals surface area contributed by atoms with E-state index < -0.39 is 0 Å². The van der Waals surface area contributed by atoms with Gasteiger partial charge in [-0.15, -0.1) is 0 Å². The monoisotopic (exact) mass is 206 g/mol. The second-order valence-corrected chi connectivity index (χ2v) is 3.26. The van der Waals surface area contributed by atoms with Crippen LogP contribution in [0.15, 0.2) is 6.07 Å². The number of aryl methyl sites for hydroxylation is 1. The highest BCUT2D eigenvalue weighted by atomic mass is 16.5. The van der Waals surface area contributed by atoms with Gasteiger partial charge in [0, 0.05) is 5.69 Å². The average molecular weight is 206 g/mol. The van der Waals surface area contributed by atoms with Crippen LogP contribution < -0.4 is 0 Å². The summed E-state index contributed by atoms with van der Waals surface area (Å²) in [6, 6.07) is 3.79. The van der Waals surface area contributed by atoms with Gasteiger partial charge in [-0.1, -0.05) is 0 Å². The number of hydrogen-bond donors (Lipinski definition) is 0. The van der Waals surface area contributed by atoms with Crippen LogP contribution in [0.3, 0.4) is 0 Å². The lowest BCUT2D eigenvalue weighted by molar-refractivity contribution is 0.0514. The van der Waals surface area contributed by atoms with E-state index in [0.717, 1.165) is 11.3 Å². The van der Waals surface area contributed by atoms with Gasteiger partial charge in [0.25, 0.3) is 0 Å². The quantitative estimate of drug-likeness (QED) is 0.708. The fourth-order valence-corrected chi connectivity index (χ4v) is 1.43. The molecule has 0 fully saturated rings. The predicted octanol–water partition coefficient (Wildman–Crippen LogP) is 1.81. The van der Waals surface area contributed by atoms with Crippen LogP contribution in [0, 0.1) is 25.2 Å². The van der Waals surface area contributed by atoms with Gasteiger partial charge >= 0.3 is 5.97 Å². The Kier molecular flexibility index (Phi) is 3.51. The third-order valence-corrected chi connectivity index (χ3v) is 2.33. The molecule has 4 heteroatoms. The van der Waals surface area contributed by atoms with Gasteiger partial charge in [0.2, 0.25) is 0 Å². The number of carbonyl (C=O) groups is 1. The van der Waals surface area contributed by atoms with E-state index in [1.54, 1.807) is 17.6 Å². The van der Waals surface area contributed by atoms with E-state index in [2.05, 4.69) is 0 Å². The van der Waals surface area contributed by atoms with Crippen molar-refractivity contribution in [2.75, 3.05) is 6.61 Å². The van der Waals surface area contributed by atoms with E-state index in [1.165, 1.54) is 0 Å². The molecule has 1 aromatic rings. The van der Waals surface area contributed by atoms with E-state index in [0.29, 0.717) is 12.3 Å². The van der Waals surface area contributed by atoms with Crippen molar-refractivity contribution in [3.63, 3.8) is 0 Å². The van der Waals surface area contributed by atoms with Gasteiger partial charge in [0.15, 0.2) is 0 Å². The summed E-state index contributed by atoms with van der Waals surface area (Å²) in [4.78, 5) is 11.6. The summed E-state index contributed by atoms with van der Waals surface area (Å²) in [5.74, 6) is -0.371. The third kappa shape index (κ3) is 2.18. The first-order chi connectivity index (χ1) is 7.11. The molecule has 0 spiro atoms. The average Bonchev–Trinajstić information content (AvgIpc) is 2.47. The number of nitrogens with zero attached hydrogens (tertiary/aromatic N) is 2. The Morgan fingerprint density at radius 2 is 2.27 bits per heavy atom. The molecule has 0 aliphatic rings. The highest BCUT2D eigenvalue weighted by Gasteiger charge is 2.16. The Morgan fingerprint density at radius 1 is 1.60 bits per heavy atom. The lowest BCUT2D eigenvalue weighted by Gasteiger charge is -2.06. The molecule has 0 unspecified atom stereocenters. The Balaban J connectivity index is 3.12. The lowest BCUT2D eigenvalue weighted by atomic mass is 10.3. The van der Waals surface area contributed by atoms with Crippen molar-refractivity contribution in [2.24, 2.45) is 0 Å². The molecular weight excluding hydrogens is 192 g/mol. The molecule has 0 atom stereocenters. The predicted molar refractivity (Wildman–Crippen MR) is 55.5 cm³/mol. The minimum Gasteiger partial charge on any atom is -0.461 e. The molecule has 0 aliphatic carbocycles. The van der Waals surface area contributed by atoms with Crippen molar-refractivity contribution in [3.05, 3.63) is 23.0 Å². The van der Waals surface area contributed by atoms with Crippen molar-refractivity contribution < 1.29 is 9.53 Å². The van der Waals surface area contributed by atoms with Crippen molar-refractivity contribution >= 4 is 5.97 Å². The summed E-state index contributed by atoms with van der Waals surface area (Å²) in [6.07, 6.45) is 0. The number of aromatic nitrogens is 1. The fraction of sp³-hybridized carbons (Fsp3) is 0.455. The smallest absolute Gasteiger partial charge is 0.354 e. The van der Waals surface area contributed by atoms with Crippen LogP contribution >= 0.6 is 0 Å². The van der Waals surface area contributed by atoms with Gasteiger partial charge in [-0.25, -0.2) is 4.79 Å². The van der Waals surface area contributed by atoms with Gasteiger partial charge in [0.05, 0.1) is 12.7 Å². The Labute approximate surface area is 89.1 Å². The molecule has 4 nitrogen and oxygen atoms in total. The maximum atomic E-state index is 11.6. The summed E-state index contributed by atoms with van der Waals surface area (Å²) in [5, 5.41) is 8.67. The molecule has 0 aliphatic heterocycles. The topological polar surface area (TPSA) is 55.0 Å². The molecule has 15 heavy (non-hydrogen) atoms. The van der Waals surface area contributed by atoms with Crippen LogP contribution in [0.5, 0.6) is 0 Å². The number of ether oxygens (including phenoxy) is 1. The van der Waals surface area contributed by atoms with E-state index in [4.69, 9.17) is 10.00 Å². The zero-order valence-electron chi connectivity index (χ0n) is 9.20. The Bertz CT molecular complexity index is 413. The fourth-order valence-electron chi connectivity index (χ4n) is 1.43. The largest absolute Gasteiger partial charge is 0.461 e. The summed E-state index contributed by atoms with van der Waals surface area (Å²) >= 11 is 0. The summed E-state index contributed by atoms with van der Waals surface area (Å²) < 4.78 is 6.59. The van der Waals surface area contributed by atoms with Crippen molar-refractivity contribution in [2.45, 2.75) is 27.3 Å². The molecule has 1 rings (SSSR count). The number of esters is 1. The molecular formula is C11H14N2O2. The molecule has 0 saturated carbocycles. The maximum Gasteiger partial charge on any atom is 0.354 e. The number of hydrogen-bond acceptors (Lipinski definition) is 3. The number of rotatable bonds is 3. The summed E-state index contributed by atoms with van der Waals surface area (Å²) in [7, 11) is 0. The molecule has 0 radical (unpaired) electrons. The standard InChI is InChI=1S/C11H14N2O2/c1-4-15-11(14)10-7-8(2)9(3)13(10)6-5-12/h7H,4,6H2,1-3H3. The second kappa shape index (κ2) is 4.65. The van der Waals surface area contributed by atoms with Crippen LogP contribution in [0.1, 0.15) is 28.7 Å². The first-order valence-corrected chi connectivity index (χ1v) is 4.82. The van der Waals surface area contributed by atoms with E-state index in [1.807, 2.05) is 19.9 Å². The van der Waals surface area contributed by atoms with Gasteiger partial charge in [-0.05, 0) is 32.4 Å². The number of nitriles is 1. The van der Waals surface area contributed by atoms with Crippen LogP contribution in [0.2, 0.25) is 0 Å². The van der Waals surface area contributed by atoms with E-state index in [-0.39, 0.29) is 12.5 Å². The molecule has 1 heterocycles. The normalized spacial score (nSPS) is 9.73. The minimum atomic E-state index is -0.371. The van der Waals surface area contributed by atoms with Crippen molar-refractivity contribution in [1.29, 1.82) is 5.26 Å². The third-order valence-electron chi connectivity index (χ3n) is 2.33. The SMILES string of the molecule is CCOC(=O)c1cc(C)c(C)n1CC#N. The first kappa shape index (κ1) is 11.3. The van der Waals surface area contributed by atoms with Crippen molar-refractivity contribution in [1.82, 2.24) is 4.57 Å². The summed E-state index contributed by atoms with van der Waals surface area (Å²) in [5.41, 5.74) is 2.38. The highest BCUT2D eigenvalue weighted by Crippen LogP contribution is 2.15. The van der Waals surface area contributed by atoms with E-state index >= 15 is 0 Å². The molecule has 1 aromatic heterocycles. The maximum absolute atomic E-state index is 11.6. The zero-order valence-corrected chi connectivity index (χ0v) is 9.20. The van der Waals surface area contributed by atoms with E-state index in [9.17, 15) is 4.79 Å². The number of carbonyl (C=O) groups excluding carboxylic acids is 1. The van der Waals surface area contributed by atoms with Crippen LogP contribution in [-0.2, 0) is 11.3 Å². The van der Waals surface area contributed by atoms with Crippen LogP contribution in [-0.4, -0.2) is 17.1 Å². The lowest BCUT2D eigenvalue weighted by Crippen LogP contribution is -2.12. The molecule has 0 bridgehead atoms. The molecule has 0 amide bonds. The Morgan fingerprint density at radius 3 is 2.80 bits per heavy atom. The van der Waals surface area contributed by atoms with Gasteiger partial charge in [-0.2, -0.15) is 5.26 Å². The highest BCUT2D eigenvalue weighted by molar-refractivity contribution is 5.88. The molecule has 0 N–H and O–H groups in total. The van der Waals surface area contributed by atoms with Crippen molar-refractivity contribution in [3.8, 4) is 6.07 Å². The van der Waals surface area contributed by atoms with Gasteiger partial charge < -0.3 is 9.30 Å². The molecule has 0 saturated heterocycles. The minimum absolute atomic E-state index is 0.174.